The van der Waals surface area contributed by atoms with Crippen LogP contribution in [0.5, 0.6) is 0 Å². The van der Waals surface area contributed by atoms with Gasteiger partial charge in [-0.3, -0.25) is 14.4 Å². The first-order chi connectivity index (χ1) is 17.0. The van der Waals surface area contributed by atoms with Gasteiger partial charge in [-0.1, -0.05) is 55.5 Å². The molecule has 0 aliphatic carbocycles. The van der Waals surface area contributed by atoms with Crippen molar-refractivity contribution in [2.24, 2.45) is 5.92 Å². The molecule has 0 saturated carbocycles. The van der Waals surface area contributed by atoms with E-state index < -0.39 is 11.9 Å². The van der Waals surface area contributed by atoms with Crippen molar-refractivity contribution in [3.8, 4) is 0 Å². The second kappa shape index (κ2) is 10.8. The van der Waals surface area contributed by atoms with Gasteiger partial charge in [0.05, 0.1) is 11.5 Å². The zero-order valence-electron chi connectivity index (χ0n) is 19.4. The Bertz CT molecular complexity index is 1240. The molecule has 1 atom stereocenters. The Labute approximate surface area is 203 Å². The van der Waals surface area contributed by atoms with Crippen molar-refractivity contribution in [2.75, 3.05) is 23.4 Å². The molecule has 0 spiro atoms. The number of anilines is 2. The van der Waals surface area contributed by atoms with Gasteiger partial charge in [0.1, 0.15) is 0 Å². The minimum Gasteiger partial charge on any atom is -0.454 e. The maximum atomic E-state index is 12.8. The summed E-state index contributed by atoms with van der Waals surface area (Å²) in [6.45, 7) is 2.00. The third kappa shape index (κ3) is 5.63. The number of esters is 1. The molecular weight excluding hydrogens is 444 g/mol. The molecule has 4 rings (SSSR count). The van der Waals surface area contributed by atoms with Gasteiger partial charge in [0.2, 0.25) is 11.8 Å². The van der Waals surface area contributed by atoms with Crippen LogP contribution in [0.25, 0.3) is 0 Å². The van der Waals surface area contributed by atoms with E-state index >= 15 is 0 Å². The number of ether oxygens (including phenoxy) is 1. The van der Waals surface area contributed by atoms with Gasteiger partial charge in [-0.2, -0.15) is 0 Å². The third-order valence-electron chi connectivity index (χ3n) is 5.98. The Balaban J connectivity index is 1.32. The van der Waals surface area contributed by atoms with E-state index in [-0.39, 0.29) is 36.2 Å². The highest BCUT2D eigenvalue weighted by Gasteiger charge is 2.35. The molecule has 7 heteroatoms. The first kappa shape index (κ1) is 23.9. The molecule has 1 N–H and O–H groups in total. The zero-order valence-corrected chi connectivity index (χ0v) is 19.4. The van der Waals surface area contributed by atoms with E-state index in [1.807, 2.05) is 31.2 Å². The number of ketones is 1. The number of nitrogens with zero attached hydrogens (tertiary/aromatic N) is 1. The molecular formula is C28H26N2O5. The summed E-state index contributed by atoms with van der Waals surface area (Å²) in [7, 11) is 0. The molecule has 1 fully saturated rings. The average Bonchev–Trinajstić information content (AvgIpc) is 3.29. The van der Waals surface area contributed by atoms with Crippen LogP contribution in [0.2, 0.25) is 0 Å². The third-order valence-corrected chi connectivity index (χ3v) is 5.98. The first-order valence-electron chi connectivity index (χ1n) is 11.5. The van der Waals surface area contributed by atoms with Crippen molar-refractivity contribution >= 4 is 34.9 Å². The number of hydrogen-bond acceptors (Lipinski definition) is 5. The van der Waals surface area contributed by atoms with Gasteiger partial charge in [0, 0.05) is 29.9 Å². The van der Waals surface area contributed by atoms with Crippen LogP contribution in [0.4, 0.5) is 11.4 Å². The lowest BCUT2D eigenvalue weighted by molar-refractivity contribution is -0.122. The molecule has 35 heavy (non-hydrogen) atoms. The Hall–Kier alpha value is -4.26. The van der Waals surface area contributed by atoms with Crippen LogP contribution >= 0.6 is 0 Å². The molecule has 0 aromatic heterocycles. The maximum Gasteiger partial charge on any atom is 0.338 e. The fourth-order valence-electron chi connectivity index (χ4n) is 4.04. The number of aryl methyl sites for hydroxylation is 1. The molecule has 178 valence electrons. The van der Waals surface area contributed by atoms with Crippen LogP contribution in [-0.2, 0) is 20.7 Å². The van der Waals surface area contributed by atoms with Gasteiger partial charge >= 0.3 is 5.97 Å². The molecule has 1 aliphatic heterocycles. The highest BCUT2D eigenvalue weighted by Crippen LogP contribution is 2.29. The van der Waals surface area contributed by atoms with E-state index in [1.54, 1.807) is 47.4 Å². The lowest BCUT2D eigenvalue weighted by atomic mass is 10.1. The summed E-state index contributed by atoms with van der Waals surface area (Å²) < 4.78 is 5.11. The van der Waals surface area contributed by atoms with Gasteiger partial charge in [0.15, 0.2) is 12.4 Å². The molecule has 7 nitrogen and oxygen atoms in total. The number of carbonyl (C=O) groups is 4. The number of carbonyl (C=O) groups excluding carboxylic acids is 4. The van der Waals surface area contributed by atoms with Crippen LogP contribution in [0.15, 0.2) is 78.9 Å². The standard InChI is InChI=1S/C28H26N2O5/c1-2-19-8-6-7-11-24(19)30-17-22(16-26(30)32)27(33)29-23-14-12-21(13-15-23)28(34)35-18-25(31)20-9-4-3-5-10-20/h3-15,22H,2,16-18H2,1H3,(H,29,33)/t22-/m0/s1. The number of hydrogen-bond donors (Lipinski definition) is 1. The molecule has 1 aliphatic rings. The molecule has 3 aromatic carbocycles. The summed E-state index contributed by atoms with van der Waals surface area (Å²) in [5, 5.41) is 2.82. The molecule has 0 radical (unpaired) electrons. The van der Waals surface area contributed by atoms with Crippen molar-refractivity contribution < 1.29 is 23.9 Å². The molecule has 3 aromatic rings. The number of nitrogens with one attached hydrogen (secondary N) is 1. The lowest BCUT2D eigenvalue weighted by Gasteiger charge is -2.20. The fraction of sp³-hybridized carbons (Fsp3) is 0.214. The average molecular weight is 471 g/mol. The van der Waals surface area contributed by atoms with Crippen LogP contribution in [0, 0.1) is 5.92 Å². The number of benzene rings is 3. The van der Waals surface area contributed by atoms with E-state index in [1.165, 1.54) is 12.1 Å². The van der Waals surface area contributed by atoms with Crippen molar-refractivity contribution in [1.82, 2.24) is 0 Å². The van der Waals surface area contributed by atoms with Gasteiger partial charge in [-0.15, -0.1) is 0 Å². The van der Waals surface area contributed by atoms with Gasteiger partial charge in [0.25, 0.3) is 0 Å². The van der Waals surface area contributed by atoms with Crippen LogP contribution in [-0.4, -0.2) is 36.7 Å². The number of para-hydroxylation sites is 1. The highest BCUT2D eigenvalue weighted by atomic mass is 16.5. The highest BCUT2D eigenvalue weighted by molar-refractivity contribution is 6.04. The van der Waals surface area contributed by atoms with Crippen molar-refractivity contribution in [3.63, 3.8) is 0 Å². The summed E-state index contributed by atoms with van der Waals surface area (Å²) >= 11 is 0. The molecule has 1 saturated heterocycles. The maximum absolute atomic E-state index is 12.8. The number of rotatable bonds is 8. The largest absolute Gasteiger partial charge is 0.454 e. The summed E-state index contributed by atoms with van der Waals surface area (Å²) in [6, 6.07) is 22.5. The summed E-state index contributed by atoms with van der Waals surface area (Å²) in [4.78, 5) is 51.5. The van der Waals surface area contributed by atoms with E-state index in [2.05, 4.69) is 5.32 Å². The number of amides is 2. The van der Waals surface area contributed by atoms with Crippen LogP contribution in [0.1, 0.15) is 39.6 Å². The summed E-state index contributed by atoms with van der Waals surface area (Å²) in [6.07, 6.45) is 0.940. The van der Waals surface area contributed by atoms with Gasteiger partial charge in [-0.05, 0) is 42.3 Å². The second-order valence-electron chi connectivity index (χ2n) is 8.32. The summed E-state index contributed by atoms with van der Waals surface area (Å²) in [5.74, 6) is -1.71. The van der Waals surface area contributed by atoms with Gasteiger partial charge in [-0.25, -0.2) is 4.79 Å². The van der Waals surface area contributed by atoms with E-state index in [0.717, 1.165) is 17.7 Å². The Morgan fingerprint density at radius 3 is 2.31 bits per heavy atom. The smallest absolute Gasteiger partial charge is 0.338 e. The molecule has 0 unspecified atom stereocenters. The normalized spacial score (nSPS) is 15.1. The topological polar surface area (TPSA) is 92.8 Å². The second-order valence-corrected chi connectivity index (χ2v) is 8.32. The molecule has 2 amide bonds. The lowest BCUT2D eigenvalue weighted by Crippen LogP contribution is -2.28. The Morgan fingerprint density at radius 1 is 0.914 bits per heavy atom. The Kier molecular flexibility index (Phi) is 7.35. The van der Waals surface area contributed by atoms with Gasteiger partial charge < -0.3 is 15.0 Å². The molecule has 1 heterocycles. The fourth-order valence-corrected chi connectivity index (χ4v) is 4.04. The van der Waals surface area contributed by atoms with Crippen molar-refractivity contribution in [1.29, 1.82) is 0 Å². The van der Waals surface area contributed by atoms with E-state index in [0.29, 0.717) is 17.8 Å². The predicted molar refractivity (Wildman–Crippen MR) is 132 cm³/mol. The van der Waals surface area contributed by atoms with Crippen molar-refractivity contribution in [3.05, 3.63) is 95.6 Å². The van der Waals surface area contributed by atoms with Crippen LogP contribution in [0.3, 0.4) is 0 Å². The van der Waals surface area contributed by atoms with E-state index in [4.69, 9.17) is 4.74 Å². The van der Waals surface area contributed by atoms with E-state index in [9.17, 15) is 19.2 Å². The first-order valence-corrected chi connectivity index (χ1v) is 11.5. The zero-order chi connectivity index (χ0) is 24.8. The number of Topliss-reactive ketones (excluding diaryl/α,β-unsaturated/α-hetero) is 1. The summed E-state index contributed by atoms with van der Waals surface area (Å²) in [5.41, 5.74) is 3.16. The molecule has 0 bridgehead atoms. The SMILES string of the molecule is CCc1ccccc1N1C[C@@H](C(=O)Nc2ccc(C(=O)OCC(=O)c3ccccc3)cc2)CC1=O. The minimum absolute atomic E-state index is 0.0748. The predicted octanol–water partition coefficient (Wildman–Crippen LogP) is 4.28. The van der Waals surface area contributed by atoms with Crippen molar-refractivity contribution in [2.45, 2.75) is 19.8 Å². The monoisotopic (exact) mass is 470 g/mol. The minimum atomic E-state index is -0.626. The Morgan fingerprint density at radius 2 is 1.60 bits per heavy atom. The quantitative estimate of drug-likeness (QED) is 0.392. The van der Waals surface area contributed by atoms with Crippen LogP contribution < -0.4 is 10.2 Å².